The Balaban J connectivity index is 1.70. The van der Waals surface area contributed by atoms with Crippen LogP contribution in [0.15, 0.2) is 0 Å². The lowest BCUT2D eigenvalue weighted by atomic mass is 9.79. The zero-order valence-electron chi connectivity index (χ0n) is 12.0. The number of nitrogens with one attached hydrogen (secondary N) is 1. The van der Waals surface area contributed by atoms with Crippen molar-refractivity contribution in [2.45, 2.75) is 58.4 Å². The van der Waals surface area contributed by atoms with Gasteiger partial charge < -0.3 is 10.2 Å². The van der Waals surface area contributed by atoms with Crippen LogP contribution >= 0.6 is 0 Å². The van der Waals surface area contributed by atoms with Gasteiger partial charge in [0.15, 0.2) is 0 Å². The molecule has 0 spiro atoms. The quantitative estimate of drug-likeness (QED) is 0.813. The molecular weight excluding hydrogens is 208 g/mol. The van der Waals surface area contributed by atoms with Gasteiger partial charge in [-0.2, -0.15) is 0 Å². The topological polar surface area (TPSA) is 15.3 Å². The van der Waals surface area contributed by atoms with Crippen LogP contribution in [0.3, 0.4) is 0 Å². The third-order valence-electron chi connectivity index (χ3n) is 5.03. The average Bonchev–Trinajstić information content (AvgIpc) is 2.33. The lowest BCUT2D eigenvalue weighted by molar-refractivity contribution is 0.129. The maximum atomic E-state index is 3.85. The van der Waals surface area contributed by atoms with Crippen molar-refractivity contribution in [3.8, 4) is 0 Å². The molecule has 1 heterocycles. The van der Waals surface area contributed by atoms with E-state index in [9.17, 15) is 0 Å². The Morgan fingerprint density at radius 1 is 1.12 bits per heavy atom. The zero-order valence-corrected chi connectivity index (χ0v) is 12.0. The molecule has 1 saturated carbocycles. The Kier molecular flexibility index (Phi) is 4.48. The summed E-state index contributed by atoms with van der Waals surface area (Å²) in [6.45, 7) is 8.66. The fraction of sp³-hybridized carbons (Fsp3) is 1.00. The van der Waals surface area contributed by atoms with Crippen LogP contribution < -0.4 is 5.32 Å². The molecule has 2 rings (SSSR count). The van der Waals surface area contributed by atoms with Gasteiger partial charge in [-0.05, 0) is 70.0 Å². The molecule has 1 saturated heterocycles. The summed E-state index contributed by atoms with van der Waals surface area (Å²) < 4.78 is 0. The molecule has 0 atom stereocenters. The third kappa shape index (κ3) is 3.96. The predicted molar refractivity (Wildman–Crippen MR) is 74.3 cm³/mol. The number of likely N-dealkylation sites (tertiary alicyclic amines) is 1. The Morgan fingerprint density at radius 3 is 2.29 bits per heavy atom. The molecule has 2 nitrogen and oxygen atoms in total. The van der Waals surface area contributed by atoms with Gasteiger partial charge in [0.1, 0.15) is 0 Å². The predicted octanol–water partition coefficient (Wildman–Crippen LogP) is 2.89. The number of rotatable bonds is 3. The summed E-state index contributed by atoms with van der Waals surface area (Å²) in [4.78, 5) is 2.46. The second-order valence-electron chi connectivity index (χ2n) is 6.95. The highest BCUT2D eigenvalue weighted by Crippen LogP contribution is 2.30. The largest absolute Gasteiger partial charge is 0.313 e. The number of hydrogen-bond donors (Lipinski definition) is 1. The van der Waals surface area contributed by atoms with Crippen LogP contribution in [-0.2, 0) is 0 Å². The maximum absolute atomic E-state index is 3.85. The first-order valence-corrected chi connectivity index (χ1v) is 7.49. The summed E-state index contributed by atoms with van der Waals surface area (Å²) in [6.07, 6.45) is 8.38. The van der Waals surface area contributed by atoms with E-state index in [0.29, 0.717) is 5.41 Å². The van der Waals surface area contributed by atoms with E-state index in [2.05, 4.69) is 31.1 Å². The highest BCUT2D eigenvalue weighted by Gasteiger charge is 2.29. The van der Waals surface area contributed by atoms with Gasteiger partial charge in [0.2, 0.25) is 0 Å². The fourth-order valence-electron chi connectivity index (χ4n) is 3.19. The highest BCUT2D eigenvalue weighted by atomic mass is 15.1. The van der Waals surface area contributed by atoms with Crippen molar-refractivity contribution in [2.75, 3.05) is 26.7 Å². The van der Waals surface area contributed by atoms with Crippen LogP contribution in [0.25, 0.3) is 0 Å². The Hall–Kier alpha value is -0.0800. The van der Waals surface area contributed by atoms with Gasteiger partial charge in [0.05, 0.1) is 0 Å². The van der Waals surface area contributed by atoms with Gasteiger partial charge in [0, 0.05) is 12.6 Å². The van der Waals surface area contributed by atoms with Crippen LogP contribution in [0.4, 0.5) is 0 Å². The molecule has 0 aromatic carbocycles. The Bertz CT molecular complexity index is 223. The van der Waals surface area contributed by atoms with Gasteiger partial charge in [-0.15, -0.1) is 0 Å². The SMILES string of the molecule is CC1CCC(NCC2(C)CCN(C)CC2)CC1. The van der Waals surface area contributed by atoms with E-state index in [1.54, 1.807) is 0 Å². The summed E-state index contributed by atoms with van der Waals surface area (Å²) >= 11 is 0. The monoisotopic (exact) mass is 238 g/mol. The van der Waals surface area contributed by atoms with E-state index in [4.69, 9.17) is 0 Å². The summed E-state index contributed by atoms with van der Waals surface area (Å²) in [5.74, 6) is 0.965. The molecule has 0 bridgehead atoms. The number of nitrogens with zero attached hydrogens (tertiary/aromatic N) is 1. The van der Waals surface area contributed by atoms with Crippen molar-refractivity contribution in [1.82, 2.24) is 10.2 Å². The van der Waals surface area contributed by atoms with Crippen molar-refractivity contribution in [2.24, 2.45) is 11.3 Å². The molecule has 0 amide bonds. The van der Waals surface area contributed by atoms with Crippen molar-refractivity contribution in [1.29, 1.82) is 0 Å². The van der Waals surface area contributed by atoms with E-state index in [0.717, 1.165) is 12.0 Å². The number of hydrogen-bond acceptors (Lipinski definition) is 2. The van der Waals surface area contributed by atoms with Crippen LogP contribution in [0.2, 0.25) is 0 Å². The molecular formula is C15H30N2. The maximum Gasteiger partial charge on any atom is 0.00674 e. The highest BCUT2D eigenvalue weighted by molar-refractivity contribution is 4.85. The second kappa shape index (κ2) is 5.71. The third-order valence-corrected chi connectivity index (χ3v) is 5.03. The molecule has 0 unspecified atom stereocenters. The molecule has 0 aromatic heterocycles. The molecule has 17 heavy (non-hydrogen) atoms. The molecule has 1 aliphatic heterocycles. The zero-order chi connectivity index (χ0) is 12.3. The average molecular weight is 238 g/mol. The van der Waals surface area contributed by atoms with E-state index in [1.807, 2.05) is 0 Å². The molecule has 0 radical (unpaired) electrons. The standard InChI is InChI=1S/C15H30N2/c1-13-4-6-14(7-5-13)16-12-15(2)8-10-17(3)11-9-15/h13-14,16H,4-12H2,1-3H3. The van der Waals surface area contributed by atoms with Crippen LogP contribution in [0.1, 0.15) is 52.4 Å². The van der Waals surface area contributed by atoms with Crippen molar-refractivity contribution < 1.29 is 0 Å². The van der Waals surface area contributed by atoms with Crippen molar-refractivity contribution >= 4 is 0 Å². The number of piperidine rings is 1. The van der Waals surface area contributed by atoms with Gasteiger partial charge in [-0.1, -0.05) is 13.8 Å². The summed E-state index contributed by atoms with van der Waals surface area (Å²) in [6, 6.07) is 0.808. The molecule has 1 N–H and O–H groups in total. The Labute approximate surface area is 107 Å². The smallest absolute Gasteiger partial charge is 0.00674 e. The first kappa shape index (κ1) is 13.4. The summed E-state index contributed by atoms with van der Waals surface area (Å²) in [5, 5.41) is 3.85. The van der Waals surface area contributed by atoms with E-state index >= 15 is 0 Å². The van der Waals surface area contributed by atoms with Crippen LogP contribution in [-0.4, -0.2) is 37.6 Å². The van der Waals surface area contributed by atoms with Crippen LogP contribution in [0.5, 0.6) is 0 Å². The molecule has 2 heteroatoms. The van der Waals surface area contributed by atoms with E-state index in [1.165, 1.54) is 58.2 Å². The van der Waals surface area contributed by atoms with Crippen molar-refractivity contribution in [3.05, 3.63) is 0 Å². The van der Waals surface area contributed by atoms with Crippen LogP contribution in [0, 0.1) is 11.3 Å². The lowest BCUT2D eigenvalue weighted by Crippen LogP contribution is -2.45. The molecule has 1 aliphatic carbocycles. The van der Waals surface area contributed by atoms with E-state index in [-0.39, 0.29) is 0 Å². The van der Waals surface area contributed by atoms with Gasteiger partial charge in [-0.3, -0.25) is 0 Å². The van der Waals surface area contributed by atoms with Gasteiger partial charge in [-0.25, -0.2) is 0 Å². The van der Waals surface area contributed by atoms with Gasteiger partial charge in [0.25, 0.3) is 0 Å². The lowest BCUT2D eigenvalue weighted by Gasteiger charge is -2.39. The summed E-state index contributed by atoms with van der Waals surface area (Å²) in [5.41, 5.74) is 0.551. The summed E-state index contributed by atoms with van der Waals surface area (Å²) in [7, 11) is 2.25. The minimum absolute atomic E-state index is 0.551. The first-order chi connectivity index (χ1) is 8.07. The fourth-order valence-corrected chi connectivity index (χ4v) is 3.19. The normalized spacial score (nSPS) is 34.8. The molecule has 2 fully saturated rings. The minimum atomic E-state index is 0.551. The van der Waals surface area contributed by atoms with E-state index < -0.39 is 0 Å². The minimum Gasteiger partial charge on any atom is -0.313 e. The van der Waals surface area contributed by atoms with Crippen molar-refractivity contribution in [3.63, 3.8) is 0 Å². The Morgan fingerprint density at radius 2 is 1.71 bits per heavy atom. The second-order valence-corrected chi connectivity index (χ2v) is 6.95. The molecule has 100 valence electrons. The molecule has 2 aliphatic rings. The van der Waals surface area contributed by atoms with Gasteiger partial charge >= 0.3 is 0 Å². The molecule has 0 aromatic rings. The first-order valence-electron chi connectivity index (χ1n) is 7.49.